The Labute approximate surface area is 166 Å². The monoisotopic (exact) mass is 396 g/mol. The van der Waals surface area contributed by atoms with Crippen LogP contribution in [0.25, 0.3) is 10.6 Å². The lowest BCUT2D eigenvalue weighted by Crippen LogP contribution is -2.41. The molecule has 1 atom stereocenters. The average Bonchev–Trinajstić information content (AvgIpc) is 3.16. The Morgan fingerprint density at radius 1 is 1.11 bits per heavy atom. The predicted octanol–water partition coefficient (Wildman–Crippen LogP) is 3.28. The predicted molar refractivity (Wildman–Crippen MR) is 109 cm³/mol. The van der Waals surface area contributed by atoms with Crippen LogP contribution in [0, 0.1) is 6.92 Å². The van der Waals surface area contributed by atoms with E-state index in [0.29, 0.717) is 21.5 Å². The fourth-order valence-corrected chi connectivity index (χ4v) is 3.23. The molecule has 144 valence electrons. The van der Waals surface area contributed by atoms with E-state index in [0.717, 1.165) is 11.1 Å². The second kappa shape index (κ2) is 8.62. The van der Waals surface area contributed by atoms with Gasteiger partial charge in [-0.3, -0.25) is 14.9 Å². The Morgan fingerprint density at radius 2 is 1.89 bits per heavy atom. The van der Waals surface area contributed by atoms with Crippen LogP contribution < -0.4 is 15.4 Å². The highest BCUT2D eigenvalue weighted by atomic mass is 32.1. The smallest absolute Gasteiger partial charge is 0.252 e. The van der Waals surface area contributed by atoms with E-state index in [9.17, 15) is 9.59 Å². The Bertz CT molecular complexity index is 1000. The summed E-state index contributed by atoms with van der Waals surface area (Å²) in [7, 11) is 1.53. The Balaban J connectivity index is 1.62. The largest absolute Gasteiger partial charge is 0.497 e. The van der Waals surface area contributed by atoms with Gasteiger partial charge in [0.15, 0.2) is 0 Å². The summed E-state index contributed by atoms with van der Waals surface area (Å²) >= 11 is 1.28. The van der Waals surface area contributed by atoms with Crippen molar-refractivity contribution in [3.63, 3.8) is 0 Å². The van der Waals surface area contributed by atoms with Gasteiger partial charge < -0.3 is 10.1 Å². The molecule has 0 radical (unpaired) electrons. The zero-order chi connectivity index (χ0) is 20.1. The Kier molecular flexibility index (Phi) is 6.00. The number of aromatic nitrogens is 2. The lowest BCUT2D eigenvalue weighted by molar-refractivity contribution is -0.117. The number of hydrogen-bond donors (Lipinski definition) is 2. The molecule has 0 spiro atoms. The first-order valence-corrected chi connectivity index (χ1v) is 9.44. The highest BCUT2D eigenvalue weighted by Crippen LogP contribution is 2.26. The minimum Gasteiger partial charge on any atom is -0.497 e. The number of amides is 2. The molecule has 3 aromatic rings. The van der Waals surface area contributed by atoms with Crippen LogP contribution in [0.5, 0.6) is 5.75 Å². The van der Waals surface area contributed by atoms with Gasteiger partial charge in [0.05, 0.1) is 7.11 Å². The third-order valence-corrected chi connectivity index (χ3v) is 4.88. The number of nitrogens with zero attached hydrogens (tertiary/aromatic N) is 2. The Morgan fingerprint density at radius 3 is 2.64 bits per heavy atom. The first-order chi connectivity index (χ1) is 13.5. The molecular weight excluding hydrogens is 376 g/mol. The zero-order valence-corrected chi connectivity index (χ0v) is 16.5. The first-order valence-electron chi connectivity index (χ1n) is 8.62. The van der Waals surface area contributed by atoms with Gasteiger partial charge in [0.1, 0.15) is 16.8 Å². The van der Waals surface area contributed by atoms with Gasteiger partial charge in [-0.1, -0.05) is 41.2 Å². The van der Waals surface area contributed by atoms with Crippen LogP contribution in [-0.4, -0.2) is 35.2 Å². The molecule has 2 N–H and O–H groups in total. The maximum Gasteiger partial charge on any atom is 0.252 e. The van der Waals surface area contributed by atoms with E-state index in [1.165, 1.54) is 18.4 Å². The lowest BCUT2D eigenvalue weighted by atomic mass is 10.1. The number of nitrogens with one attached hydrogen (secondary N) is 2. The summed E-state index contributed by atoms with van der Waals surface area (Å²) in [5.41, 5.74) is 2.47. The molecule has 3 rings (SSSR count). The van der Waals surface area contributed by atoms with Crippen LogP contribution in [0.4, 0.5) is 5.13 Å². The SMILES string of the molecule is COc1cccc(C(=O)N[C@H](C)C(=O)Nc2nnc(-c3cccc(C)c3)s2)c1. The van der Waals surface area contributed by atoms with E-state index >= 15 is 0 Å². The molecule has 1 heterocycles. The van der Waals surface area contributed by atoms with Gasteiger partial charge in [-0.15, -0.1) is 10.2 Å². The van der Waals surface area contributed by atoms with Crippen LogP contribution in [0.15, 0.2) is 48.5 Å². The van der Waals surface area contributed by atoms with Crippen molar-refractivity contribution in [1.29, 1.82) is 0 Å². The number of anilines is 1. The number of hydrogen-bond acceptors (Lipinski definition) is 6. The van der Waals surface area contributed by atoms with Gasteiger partial charge in [-0.05, 0) is 38.1 Å². The molecule has 0 fully saturated rings. The van der Waals surface area contributed by atoms with E-state index in [4.69, 9.17) is 4.74 Å². The summed E-state index contributed by atoms with van der Waals surface area (Å²) in [6.45, 7) is 3.61. The lowest BCUT2D eigenvalue weighted by Gasteiger charge is -2.13. The van der Waals surface area contributed by atoms with Gasteiger partial charge in [-0.25, -0.2) is 0 Å². The number of benzene rings is 2. The van der Waals surface area contributed by atoms with E-state index in [-0.39, 0.29) is 11.8 Å². The molecule has 8 heteroatoms. The van der Waals surface area contributed by atoms with Crippen molar-refractivity contribution in [1.82, 2.24) is 15.5 Å². The van der Waals surface area contributed by atoms with Gasteiger partial charge in [0, 0.05) is 11.1 Å². The van der Waals surface area contributed by atoms with E-state index < -0.39 is 6.04 Å². The van der Waals surface area contributed by atoms with Crippen molar-refractivity contribution in [3.05, 3.63) is 59.7 Å². The van der Waals surface area contributed by atoms with E-state index in [1.807, 2.05) is 31.2 Å². The van der Waals surface area contributed by atoms with Gasteiger partial charge in [0.25, 0.3) is 5.91 Å². The standard InChI is InChI=1S/C20H20N4O3S/c1-12-6-4-8-15(10-12)19-23-24-20(28-19)22-17(25)13(2)21-18(26)14-7-5-9-16(11-14)27-3/h4-11,13H,1-3H3,(H,21,26)(H,22,24,25)/t13-/m1/s1. The van der Waals surface area contributed by atoms with Gasteiger partial charge in [0.2, 0.25) is 11.0 Å². The second-order valence-corrected chi connectivity index (χ2v) is 7.18. The molecule has 0 unspecified atom stereocenters. The van der Waals surface area contributed by atoms with Crippen molar-refractivity contribution >= 4 is 28.3 Å². The van der Waals surface area contributed by atoms with Crippen LogP contribution in [-0.2, 0) is 4.79 Å². The molecule has 0 aliphatic carbocycles. The van der Waals surface area contributed by atoms with Gasteiger partial charge in [-0.2, -0.15) is 0 Å². The van der Waals surface area contributed by atoms with Crippen molar-refractivity contribution < 1.29 is 14.3 Å². The maximum atomic E-state index is 12.4. The van der Waals surface area contributed by atoms with E-state index in [2.05, 4.69) is 20.8 Å². The normalized spacial score (nSPS) is 11.5. The minimum absolute atomic E-state index is 0.362. The molecule has 2 aromatic carbocycles. The number of aryl methyl sites for hydroxylation is 1. The number of methoxy groups -OCH3 is 1. The molecule has 0 aliphatic rings. The zero-order valence-electron chi connectivity index (χ0n) is 15.7. The minimum atomic E-state index is -0.745. The quantitative estimate of drug-likeness (QED) is 0.667. The summed E-state index contributed by atoms with van der Waals surface area (Å²) in [5, 5.41) is 14.6. The number of ether oxygens (including phenoxy) is 1. The molecule has 1 aromatic heterocycles. The molecule has 28 heavy (non-hydrogen) atoms. The second-order valence-electron chi connectivity index (χ2n) is 6.20. The topological polar surface area (TPSA) is 93.2 Å². The summed E-state index contributed by atoms with van der Waals surface area (Å²) in [4.78, 5) is 24.7. The summed E-state index contributed by atoms with van der Waals surface area (Å²) < 4.78 is 5.11. The van der Waals surface area contributed by atoms with E-state index in [1.54, 1.807) is 31.2 Å². The molecular formula is C20H20N4O3S. The summed E-state index contributed by atoms with van der Waals surface area (Å²) in [5.74, 6) is -0.162. The fraction of sp³-hybridized carbons (Fsp3) is 0.200. The van der Waals surface area contributed by atoms with Gasteiger partial charge >= 0.3 is 0 Å². The molecule has 7 nitrogen and oxygen atoms in total. The number of carbonyl (C=O) groups excluding carboxylic acids is 2. The van der Waals surface area contributed by atoms with Crippen molar-refractivity contribution in [3.8, 4) is 16.3 Å². The van der Waals surface area contributed by atoms with Crippen LogP contribution in [0.2, 0.25) is 0 Å². The fourth-order valence-electron chi connectivity index (χ4n) is 2.49. The van der Waals surface area contributed by atoms with Crippen molar-refractivity contribution in [2.45, 2.75) is 19.9 Å². The van der Waals surface area contributed by atoms with Crippen LogP contribution in [0.3, 0.4) is 0 Å². The molecule has 0 aliphatic heterocycles. The Hall–Kier alpha value is -3.26. The van der Waals surface area contributed by atoms with Crippen LogP contribution >= 0.6 is 11.3 Å². The van der Waals surface area contributed by atoms with Crippen molar-refractivity contribution in [2.75, 3.05) is 12.4 Å². The molecule has 0 saturated heterocycles. The maximum absolute atomic E-state index is 12.4. The molecule has 0 saturated carbocycles. The molecule has 0 bridgehead atoms. The average molecular weight is 396 g/mol. The van der Waals surface area contributed by atoms with Crippen molar-refractivity contribution in [2.24, 2.45) is 0 Å². The number of rotatable bonds is 6. The number of carbonyl (C=O) groups is 2. The third kappa shape index (κ3) is 4.72. The van der Waals surface area contributed by atoms with Crippen LogP contribution in [0.1, 0.15) is 22.8 Å². The highest BCUT2D eigenvalue weighted by molar-refractivity contribution is 7.18. The first kappa shape index (κ1) is 19.5. The highest BCUT2D eigenvalue weighted by Gasteiger charge is 2.19. The molecule has 2 amide bonds. The summed E-state index contributed by atoms with van der Waals surface area (Å²) in [6.07, 6.45) is 0. The third-order valence-electron chi connectivity index (χ3n) is 3.99. The summed E-state index contributed by atoms with van der Waals surface area (Å²) in [6, 6.07) is 13.9.